The Balaban J connectivity index is 1.97. The highest BCUT2D eigenvalue weighted by molar-refractivity contribution is 7.15. The first kappa shape index (κ1) is 19.4. The molecule has 0 N–H and O–H groups in total. The molecular formula is C21H25FO2S. The fraction of sp³-hybridized carbons (Fsp3) is 0.381. The number of hydrogen-bond donors (Lipinski definition) is 0. The Morgan fingerprint density at radius 1 is 1.16 bits per heavy atom. The Bertz CT molecular complexity index is 718. The number of carbonyl (C=O) groups excluding carboxylic acids is 1. The lowest BCUT2D eigenvalue weighted by Gasteiger charge is -2.05. The van der Waals surface area contributed by atoms with Crippen LogP contribution in [0.1, 0.15) is 50.8 Å². The van der Waals surface area contributed by atoms with E-state index in [1.165, 1.54) is 17.0 Å². The van der Waals surface area contributed by atoms with Crippen LogP contribution in [0.25, 0.3) is 10.4 Å². The van der Waals surface area contributed by atoms with Crippen LogP contribution >= 0.6 is 11.3 Å². The van der Waals surface area contributed by atoms with Crippen molar-refractivity contribution in [3.63, 3.8) is 0 Å². The first-order chi connectivity index (χ1) is 12.1. The lowest BCUT2D eigenvalue weighted by Crippen LogP contribution is -2.04. The van der Waals surface area contributed by atoms with Crippen molar-refractivity contribution in [1.29, 1.82) is 0 Å². The second-order valence-electron chi connectivity index (χ2n) is 5.98. The minimum atomic E-state index is -0.468. The lowest BCUT2D eigenvalue weighted by molar-refractivity contribution is -0.129. The first-order valence-corrected chi connectivity index (χ1v) is 9.72. The number of ether oxygens (including phenoxy) is 1. The van der Waals surface area contributed by atoms with Gasteiger partial charge in [-0.05, 0) is 43.5 Å². The number of halogens is 1. The van der Waals surface area contributed by atoms with Crippen molar-refractivity contribution >= 4 is 17.3 Å². The minimum Gasteiger partial charge on any atom is -0.423 e. The van der Waals surface area contributed by atoms with Crippen LogP contribution in [0.4, 0.5) is 4.39 Å². The molecule has 0 aliphatic heterocycles. The van der Waals surface area contributed by atoms with Gasteiger partial charge in [-0.3, -0.25) is 0 Å². The zero-order valence-electron chi connectivity index (χ0n) is 14.9. The fourth-order valence-electron chi connectivity index (χ4n) is 2.50. The maximum absolute atomic E-state index is 14.4. The van der Waals surface area contributed by atoms with Gasteiger partial charge in [-0.15, -0.1) is 11.3 Å². The molecule has 1 aromatic heterocycles. The maximum Gasteiger partial charge on any atom is 0.335 e. The number of thiophene rings is 1. The monoisotopic (exact) mass is 360 g/mol. The molecule has 0 aliphatic rings. The number of hydrogen-bond acceptors (Lipinski definition) is 3. The van der Waals surface area contributed by atoms with Gasteiger partial charge in [0.1, 0.15) is 11.6 Å². The van der Waals surface area contributed by atoms with Crippen molar-refractivity contribution < 1.29 is 13.9 Å². The summed E-state index contributed by atoms with van der Waals surface area (Å²) in [5.74, 6) is -0.609. The number of benzene rings is 1. The van der Waals surface area contributed by atoms with Crippen molar-refractivity contribution in [3.8, 4) is 16.2 Å². The van der Waals surface area contributed by atoms with E-state index in [-0.39, 0.29) is 11.6 Å². The van der Waals surface area contributed by atoms with E-state index < -0.39 is 5.97 Å². The summed E-state index contributed by atoms with van der Waals surface area (Å²) in [5, 5.41) is 0. The number of rotatable bonds is 9. The second kappa shape index (κ2) is 10.1. The minimum absolute atomic E-state index is 0.231. The highest BCUT2D eigenvalue weighted by Gasteiger charge is 2.10. The summed E-state index contributed by atoms with van der Waals surface area (Å²) >= 11 is 1.60. The Kier molecular flexibility index (Phi) is 7.86. The number of aryl methyl sites for hydroxylation is 1. The van der Waals surface area contributed by atoms with Crippen LogP contribution in [0.5, 0.6) is 5.75 Å². The molecule has 0 amide bonds. The second-order valence-corrected chi connectivity index (χ2v) is 7.15. The van der Waals surface area contributed by atoms with Crippen LogP contribution in [0.3, 0.4) is 0 Å². The molecule has 0 fully saturated rings. The maximum atomic E-state index is 14.4. The van der Waals surface area contributed by atoms with Crippen LogP contribution in [-0.2, 0) is 11.2 Å². The quantitative estimate of drug-likeness (QED) is 0.219. The molecule has 0 saturated heterocycles. The van der Waals surface area contributed by atoms with Gasteiger partial charge in [0, 0.05) is 27.5 Å². The predicted molar refractivity (Wildman–Crippen MR) is 103 cm³/mol. The molecule has 0 unspecified atom stereocenters. The molecule has 0 saturated carbocycles. The standard InChI is InChI=1S/C21H25FO2S/c1-3-5-6-7-8-10-21(23)24-16-11-13-18(19(22)15-16)20-14-12-17(25-20)9-4-2/h8,10-15H,3-7,9H2,1-2H3/b10-8+. The molecule has 25 heavy (non-hydrogen) atoms. The van der Waals surface area contributed by atoms with Gasteiger partial charge in [0.2, 0.25) is 0 Å². The third-order valence-corrected chi connectivity index (χ3v) is 4.99. The van der Waals surface area contributed by atoms with Gasteiger partial charge < -0.3 is 4.74 Å². The van der Waals surface area contributed by atoms with E-state index in [2.05, 4.69) is 13.8 Å². The molecule has 2 aromatic rings. The van der Waals surface area contributed by atoms with E-state index in [0.717, 1.165) is 43.4 Å². The van der Waals surface area contributed by atoms with Crippen LogP contribution in [0.2, 0.25) is 0 Å². The van der Waals surface area contributed by atoms with Crippen LogP contribution in [0, 0.1) is 5.82 Å². The van der Waals surface area contributed by atoms with Crippen molar-refractivity contribution in [2.45, 2.75) is 52.4 Å². The Hall–Kier alpha value is -1.94. The summed E-state index contributed by atoms with van der Waals surface area (Å²) in [7, 11) is 0. The van der Waals surface area contributed by atoms with Gasteiger partial charge >= 0.3 is 5.97 Å². The van der Waals surface area contributed by atoms with E-state index in [9.17, 15) is 9.18 Å². The zero-order chi connectivity index (χ0) is 18.1. The molecule has 0 atom stereocenters. The highest BCUT2D eigenvalue weighted by Crippen LogP contribution is 2.32. The molecule has 0 aliphatic carbocycles. The van der Waals surface area contributed by atoms with Crippen molar-refractivity contribution in [1.82, 2.24) is 0 Å². The third kappa shape index (κ3) is 6.13. The lowest BCUT2D eigenvalue weighted by atomic mass is 10.1. The SMILES string of the molecule is CCCCC/C=C/C(=O)Oc1ccc(-c2ccc(CCC)s2)c(F)c1. The molecule has 0 bridgehead atoms. The highest BCUT2D eigenvalue weighted by atomic mass is 32.1. The number of allylic oxidation sites excluding steroid dienone is 1. The summed E-state index contributed by atoms with van der Waals surface area (Å²) in [4.78, 5) is 13.9. The van der Waals surface area contributed by atoms with Gasteiger partial charge in [0.05, 0.1) is 0 Å². The van der Waals surface area contributed by atoms with Gasteiger partial charge in [-0.1, -0.05) is 39.2 Å². The molecule has 134 valence electrons. The summed E-state index contributed by atoms with van der Waals surface area (Å²) in [6.45, 7) is 4.26. The Morgan fingerprint density at radius 3 is 2.72 bits per heavy atom. The largest absolute Gasteiger partial charge is 0.423 e. The number of unbranched alkanes of at least 4 members (excludes halogenated alkanes) is 3. The summed E-state index contributed by atoms with van der Waals surface area (Å²) < 4.78 is 19.5. The van der Waals surface area contributed by atoms with E-state index in [1.54, 1.807) is 23.5 Å². The molecule has 4 heteroatoms. The Morgan fingerprint density at radius 2 is 2.00 bits per heavy atom. The topological polar surface area (TPSA) is 26.3 Å². The summed E-state index contributed by atoms with van der Waals surface area (Å²) in [6, 6.07) is 8.57. The zero-order valence-corrected chi connectivity index (χ0v) is 15.7. The van der Waals surface area contributed by atoms with E-state index in [4.69, 9.17) is 4.74 Å². The van der Waals surface area contributed by atoms with Gasteiger partial charge in [-0.2, -0.15) is 0 Å². The fourth-order valence-corrected chi connectivity index (χ4v) is 3.64. The van der Waals surface area contributed by atoms with E-state index in [1.807, 2.05) is 18.2 Å². The van der Waals surface area contributed by atoms with Crippen LogP contribution < -0.4 is 4.74 Å². The molecule has 2 nitrogen and oxygen atoms in total. The molecular weight excluding hydrogens is 335 g/mol. The van der Waals surface area contributed by atoms with E-state index in [0.29, 0.717) is 5.56 Å². The van der Waals surface area contributed by atoms with Crippen LogP contribution in [0.15, 0.2) is 42.5 Å². The van der Waals surface area contributed by atoms with Crippen LogP contribution in [-0.4, -0.2) is 5.97 Å². The summed E-state index contributed by atoms with van der Waals surface area (Å²) in [6.07, 6.45) is 9.51. The van der Waals surface area contributed by atoms with Gasteiger partial charge in [0.25, 0.3) is 0 Å². The molecule has 1 aromatic carbocycles. The van der Waals surface area contributed by atoms with Gasteiger partial charge in [-0.25, -0.2) is 9.18 Å². The predicted octanol–water partition coefficient (Wildman–Crippen LogP) is 6.55. The molecule has 2 rings (SSSR count). The summed E-state index contributed by atoms with van der Waals surface area (Å²) in [5.41, 5.74) is 0.544. The number of esters is 1. The van der Waals surface area contributed by atoms with Gasteiger partial charge in [0.15, 0.2) is 0 Å². The normalized spacial score (nSPS) is 11.2. The molecule has 0 spiro atoms. The first-order valence-electron chi connectivity index (χ1n) is 8.91. The molecule has 0 radical (unpaired) electrons. The number of carbonyl (C=O) groups is 1. The van der Waals surface area contributed by atoms with Crippen molar-refractivity contribution in [2.75, 3.05) is 0 Å². The smallest absolute Gasteiger partial charge is 0.335 e. The van der Waals surface area contributed by atoms with Crippen molar-refractivity contribution in [3.05, 3.63) is 53.2 Å². The van der Waals surface area contributed by atoms with Crippen molar-refractivity contribution in [2.24, 2.45) is 0 Å². The van der Waals surface area contributed by atoms with E-state index >= 15 is 0 Å². The Labute approximate surface area is 153 Å². The third-order valence-electron chi connectivity index (χ3n) is 3.81. The molecule has 1 heterocycles. The average Bonchev–Trinajstić information content (AvgIpc) is 3.03. The average molecular weight is 360 g/mol.